The Balaban J connectivity index is 3.03. The standard InChI is InChI=1S/C17H28FNO/c1-5-11-19-15(12-13(6-2)7-3)17-14(18)9-8-10-16(17)20-4/h8-10,13,15,19H,5-7,11-12H2,1-4H3. The van der Waals surface area contributed by atoms with Crippen molar-refractivity contribution in [1.82, 2.24) is 5.32 Å². The van der Waals surface area contributed by atoms with Crippen LogP contribution in [0.1, 0.15) is 58.1 Å². The van der Waals surface area contributed by atoms with Crippen molar-refractivity contribution in [2.24, 2.45) is 5.92 Å². The summed E-state index contributed by atoms with van der Waals surface area (Å²) in [6, 6.07) is 5.08. The van der Waals surface area contributed by atoms with Crippen molar-refractivity contribution in [1.29, 1.82) is 0 Å². The van der Waals surface area contributed by atoms with Crippen LogP contribution in [0.4, 0.5) is 4.39 Å². The zero-order valence-corrected chi connectivity index (χ0v) is 13.2. The van der Waals surface area contributed by atoms with Gasteiger partial charge in [-0.05, 0) is 37.4 Å². The van der Waals surface area contributed by atoms with Gasteiger partial charge in [0, 0.05) is 11.6 Å². The van der Waals surface area contributed by atoms with Crippen LogP contribution in [0.3, 0.4) is 0 Å². The third-order valence-corrected chi connectivity index (χ3v) is 3.95. The maximum atomic E-state index is 14.3. The minimum atomic E-state index is -0.177. The molecule has 0 aromatic heterocycles. The molecular weight excluding hydrogens is 253 g/mol. The van der Waals surface area contributed by atoms with Crippen LogP contribution in [0, 0.1) is 11.7 Å². The first-order valence-corrected chi connectivity index (χ1v) is 7.73. The van der Waals surface area contributed by atoms with Gasteiger partial charge in [-0.2, -0.15) is 0 Å². The lowest BCUT2D eigenvalue weighted by molar-refractivity contribution is 0.344. The van der Waals surface area contributed by atoms with Crippen LogP contribution in [-0.4, -0.2) is 13.7 Å². The number of hydrogen-bond donors (Lipinski definition) is 1. The summed E-state index contributed by atoms with van der Waals surface area (Å²) in [4.78, 5) is 0. The van der Waals surface area contributed by atoms with E-state index in [0.717, 1.165) is 32.2 Å². The summed E-state index contributed by atoms with van der Waals surface area (Å²) in [7, 11) is 1.60. The first-order valence-electron chi connectivity index (χ1n) is 7.73. The molecule has 0 heterocycles. The Morgan fingerprint density at radius 1 is 1.20 bits per heavy atom. The normalized spacial score (nSPS) is 12.7. The Morgan fingerprint density at radius 2 is 1.90 bits per heavy atom. The van der Waals surface area contributed by atoms with E-state index in [0.29, 0.717) is 17.2 Å². The molecule has 0 amide bonds. The van der Waals surface area contributed by atoms with Crippen molar-refractivity contribution in [2.75, 3.05) is 13.7 Å². The number of halogens is 1. The lowest BCUT2D eigenvalue weighted by atomic mass is 9.90. The Hall–Kier alpha value is -1.09. The molecule has 1 unspecified atom stereocenters. The van der Waals surface area contributed by atoms with Gasteiger partial charge in [0.25, 0.3) is 0 Å². The molecule has 1 aromatic carbocycles. The predicted molar refractivity (Wildman–Crippen MR) is 82.7 cm³/mol. The molecule has 1 rings (SSSR count). The maximum absolute atomic E-state index is 14.3. The van der Waals surface area contributed by atoms with Crippen LogP contribution in [0.5, 0.6) is 5.75 Å². The van der Waals surface area contributed by atoms with Crippen molar-refractivity contribution in [2.45, 2.75) is 52.5 Å². The number of nitrogens with one attached hydrogen (secondary N) is 1. The molecule has 0 saturated heterocycles. The van der Waals surface area contributed by atoms with Crippen LogP contribution in [-0.2, 0) is 0 Å². The highest BCUT2D eigenvalue weighted by atomic mass is 19.1. The molecule has 0 aliphatic carbocycles. The minimum absolute atomic E-state index is 0.0241. The van der Waals surface area contributed by atoms with E-state index in [-0.39, 0.29) is 11.9 Å². The van der Waals surface area contributed by atoms with Gasteiger partial charge < -0.3 is 10.1 Å². The van der Waals surface area contributed by atoms with Crippen LogP contribution in [0.15, 0.2) is 18.2 Å². The molecule has 1 aromatic rings. The molecule has 1 N–H and O–H groups in total. The Labute approximate surface area is 122 Å². The van der Waals surface area contributed by atoms with Gasteiger partial charge in [-0.3, -0.25) is 0 Å². The number of hydrogen-bond acceptors (Lipinski definition) is 2. The van der Waals surface area contributed by atoms with Gasteiger partial charge in [0.2, 0.25) is 0 Å². The summed E-state index contributed by atoms with van der Waals surface area (Å²) < 4.78 is 19.6. The van der Waals surface area contributed by atoms with Gasteiger partial charge in [0.1, 0.15) is 11.6 Å². The van der Waals surface area contributed by atoms with E-state index in [1.54, 1.807) is 13.2 Å². The van der Waals surface area contributed by atoms with Gasteiger partial charge >= 0.3 is 0 Å². The van der Waals surface area contributed by atoms with E-state index in [4.69, 9.17) is 4.74 Å². The summed E-state index contributed by atoms with van der Waals surface area (Å²) in [5.41, 5.74) is 0.676. The highest BCUT2D eigenvalue weighted by Crippen LogP contribution is 2.33. The average Bonchev–Trinajstić information content (AvgIpc) is 2.48. The van der Waals surface area contributed by atoms with Crippen molar-refractivity contribution in [3.63, 3.8) is 0 Å². The summed E-state index contributed by atoms with van der Waals surface area (Å²) in [5, 5.41) is 3.48. The molecule has 0 saturated carbocycles. The molecule has 2 nitrogen and oxygen atoms in total. The van der Waals surface area contributed by atoms with Crippen LogP contribution in [0.25, 0.3) is 0 Å². The Bertz CT molecular complexity index is 391. The first-order chi connectivity index (χ1) is 9.67. The maximum Gasteiger partial charge on any atom is 0.131 e. The first kappa shape index (κ1) is 17.0. The van der Waals surface area contributed by atoms with Gasteiger partial charge in [-0.1, -0.05) is 39.7 Å². The van der Waals surface area contributed by atoms with Gasteiger partial charge in [0.15, 0.2) is 0 Å². The van der Waals surface area contributed by atoms with Gasteiger partial charge in [0.05, 0.1) is 7.11 Å². The topological polar surface area (TPSA) is 21.3 Å². The highest BCUT2D eigenvalue weighted by Gasteiger charge is 2.22. The van der Waals surface area contributed by atoms with Crippen molar-refractivity contribution in [3.05, 3.63) is 29.6 Å². The lowest BCUT2D eigenvalue weighted by Gasteiger charge is -2.25. The van der Waals surface area contributed by atoms with E-state index in [1.807, 2.05) is 6.07 Å². The van der Waals surface area contributed by atoms with E-state index >= 15 is 0 Å². The predicted octanol–water partition coefficient (Wildman–Crippen LogP) is 4.70. The smallest absolute Gasteiger partial charge is 0.131 e. The summed E-state index contributed by atoms with van der Waals surface area (Å²) in [6.45, 7) is 7.41. The van der Waals surface area contributed by atoms with Crippen molar-refractivity contribution < 1.29 is 9.13 Å². The number of methoxy groups -OCH3 is 1. The van der Waals surface area contributed by atoms with Gasteiger partial charge in [-0.25, -0.2) is 4.39 Å². The SMILES string of the molecule is CCCNC(CC(CC)CC)c1c(F)cccc1OC. The minimum Gasteiger partial charge on any atom is -0.496 e. The Kier molecular flexibility index (Phi) is 7.60. The summed E-state index contributed by atoms with van der Waals surface area (Å²) in [5.74, 6) is 1.07. The second kappa shape index (κ2) is 8.96. The summed E-state index contributed by atoms with van der Waals surface area (Å²) >= 11 is 0. The molecule has 1 atom stereocenters. The Morgan fingerprint density at radius 3 is 2.45 bits per heavy atom. The van der Waals surface area contributed by atoms with Crippen LogP contribution >= 0.6 is 0 Å². The van der Waals surface area contributed by atoms with Crippen molar-refractivity contribution in [3.8, 4) is 5.75 Å². The second-order valence-corrected chi connectivity index (χ2v) is 5.28. The number of benzene rings is 1. The van der Waals surface area contributed by atoms with E-state index < -0.39 is 0 Å². The number of ether oxygens (including phenoxy) is 1. The van der Waals surface area contributed by atoms with Gasteiger partial charge in [-0.15, -0.1) is 0 Å². The second-order valence-electron chi connectivity index (χ2n) is 5.28. The highest BCUT2D eigenvalue weighted by molar-refractivity contribution is 5.37. The fourth-order valence-electron chi connectivity index (χ4n) is 2.61. The zero-order chi connectivity index (χ0) is 15.0. The van der Waals surface area contributed by atoms with Crippen LogP contribution in [0.2, 0.25) is 0 Å². The largest absolute Gasteiger partial charge is 0.496 e. The molecule has 0 aliphatic rings. The lowest BCUT2D eigenvalue weighted by Crippen LogP contribution is -2.25. The molecule has 0 spiro atoms. The molecule has 20 heavy (non-hydrogen) atoms. The third-order valence-electron chi connectivity index (χ3n) is 3.95. The van der Waals surface area contributed by atoms with E-state index in [9.17, 15) is 4.39 Å². The molecule has 3 heteroatoms. The van der Waals surface area contributed by atoms with E-state index in [1.165, 1.54) is 6.07 Å². The molecule has 114 valence electrons. The zero-order valence-electron chi connectivity index (χ0n) is 13.2. The molecule has 0 aliphatic heterocycles. The quantitative estimate of drug-likeness (QED) is 0.708. The van der Waals surface area contributed by atoms with E-state index in [2.05, 4.69) is 26.1 Å². The molecule has 0 radical (unpaired) electrons. The fraction of sp³-hybridized carbons (Fsp3) is 0.647. The van der Waals surface area contributed by atoms with Crippen LogP contribution < -0.4 is 10.1 Å². The summed E-state index contributed by atoms with van der Waals surface area (Å²) in [6.07, 6.45) is 4.23. The molecule has 0 fully saturated rings. The average molecular weight is 281 g/mol. The molecular formula is C17H28FNO. The van der Waals surface area contributed by atoms with Crippen molar-refractivity contribution >= 4 is 0 Å². The molecule has 0 bridgehead atoms. The fourth-order valence-corrected chi connectivity index (χ4v) is 2.61. The monoisotopic (exact) mass is 281 g/mol. The third kappa shape index (κ3) is 4.48. The number of rotatable bonds is 9.